The highest BCUT2D eigenvalue weighted by atomic mass is 16.5. The lowest BCUT2D eigenvalue weighted by Gasteiger charge is -2.15. The number of ether oxygens (including phenoxy) is 4. The second kappa shape index (κ2) is 8.61. The van der Waals surface area contributed by atoms with Crippen molar-refractivity contribution in [3.05, 3.63) is 42.0 Å². The molecule has 2 amide bonds. The fourth-order valence-electron chi connectivity index (χ4n) is 2.29. The second-order valence-electron chi connectivity index (χ2n) is 5.07. The Balaban J connectivity index is 2.16. The average Bonchev–Trinajstić information content (AvgIpc) is 2.66. The van der Waals surface area contributed by atoms with Crippen molar-refractivity contribution in [1.82, 2.24) is 0 Å². The number of urea groups is 1. The third-order valence-corrected chi connectivity index (χ3v) is 3.46. The summed E-state index contributed by atoms with van der Waals surface area (Å²) >= 11 is 0. The van der Waals surface area contributed by atoms with E-state index in [0.29, 0.717) is 34.2 Å². The van der Waals surface area contributed by atoms with Crippen LogP contribution in [0.2, 0.25) is 0 Å². The summed E-state index contributed by atoms with van der Waals surface area (Å²) in [6.07, 6.45) is 0. The van der Waals surface area contributed by atoms with E-state index in [0.717, 1.165) is 0 Å². The zero-order valence-electron chi connectivity index (χ0n) is 14.9. The minimum atomic E-state index is -0.499. The first kappa shape index (κ1) is 18.9. The maximum absolute atomic E-state index is 12.2. The number of hydrogen-bond donors (Lipinski definition) is 2. The van der Waals surface area contributed by atoms with Gasteiger partial charge in [-0.15, -0.1) is 0 Å². The molecule has 2 N–H and O–H groups in total. The van der Waals surface area contributed by atoms with Gasteiger partial charge >= 0.3 is 12.0 Å². The molecular weight excluding hydrogens is 340 g/mol. The zero-order chi connectivity index (χ0) is 19.1. The Morgan fingerprint density at radius 3 is 1.96 bits per heavy atom. The molecule has 2 rings (SSSR count). The van der Waals surface area contributed by atoms with Crippen molar-refractivity contribution in [1.29, 1.82) is 0 Å². The average molecular weight is 360 g/mol. The molecule has 26 heavy (non-hydrogen) atoms. The van der Waals surface area contributed by atoms with Crippen molar-refractivity contribution < 1.29 is 28.5 Å². The normalized spacial score (nSPS) is 9.85. The van der Waals surface area contributed by atoms with Gasteiger partial charge in [0.05, 0.1) is 39.7 Å². The Hall–Kier alpha value is -3.42. The van der Waals surface area contributed by atoms with E-state index in [-0.39, 0.29) is 0 Å². The fraction of sp³-hybridized carbons (Fsp3) is 0.222. The van der Waals surface area contributed by atoms with Crippen LogP contribution in [0.4, 0.5) is 16.2 Å². The van der Waals surface area contributed by atoms with E-state index in [1.165, 1.54) is 34.5 Å². The number of hydrogen-bond acceptors (Lipinski definition) is 6. The number of carbonyl (C=O) groups is 2. The molecule has 2 aromatic rings. The van der Waals surface area contributed by atoms with Gasteiger partial charge in [-0.25, -0.2) is 9.59 Å². The lowest BCUT2D eigenvalue weighted by Crippen LogP contribution is -2.19. The molecule has 8 heteroatoms. The minimum absolute atomic E-state index is 0.332. The highest BCUT2D eigenvalue weighted by Crippen LogP contribution is 2.39. The Bertz CT molecular complexity index is 781. The fourth-order valence-corrected chi connectivity index (χ4v) is 2.29. The van der Waals surface area contributed by atoms with Crippen molar-refractivity contribution in [2.75, 3.05) is 39.1 Å². The zero-order valence-corrected chi connectivity index (χ0v) is 14.9. The molecule has 0 aromatic heterocycles. The van der Waals surface area contributed by atoms with Gasteiger partial charge in [-0.05, 0) is 18.2 Å². The van der Waals surface area contributed by atoms with Gasteiger partial charge in [0, 0.05) is 17.8 Å². The van der Waals surface area contributed by atoms with Gasteiger partial charge < -0.3 is 29.6 Å². The van der Waals surface area contributed by atoms with Gasteiger partial charge in [0.15, 0.2) is 11.5 Å². The standard InChI is InChI=1S/C18H20N2O6/c1-23-14-9-13(10-15(24-2)16(14)25-3)20-18(22)19-12-7-5-6-11(8-12)17(21)26-4/h5-10H,1-4H3,(H2,19,20,22). The number of rotatable bonds is 6. The maximum Gasteiger partial charge on any atom is 0.337 e. The predicted molar refractivity (Wildman–Crippen MR) is 96.5 cm³/mol. The molecule has 0 aliphatic rings. The largest absolute Gasteiger partial charge is 0.493 e. The van der Waals surface area contributed by atoms with E-state index >= 15 is 0 Å². The number of carbonyl (C=O) groups excluding carboxylic acids is 2. The topological polar surface area (TPSA) is 95.1 Å². The number of anilines is 2. The molecule has 0 saturated heterocycles. The summed E-state index contributed by atoms with van der Waals surface area (Å²) < 4.78 is 20.4. The molecular formula is C18H20N2O6. The Morgan fingerprint density at radius 1 is 0.808 bits per heavy atom. The summed E-state index contributed by atoms with van der Waals surface area (Å²) in [5, 5.41) is 5.31. The van der Waals surface area contributed by atoms with Crippen LogP contribution >= 0.6 is 0 Å². The van der Waals surface area contributed by atoms with E-state index < -0.39 is 12.0 Å². The Morgan fingerprint density at radius 2 is 1.42 bits per heavy atom. The number of benzene rings is 2. The second-order valence-corrected chi connectivity index (χ2v) is 5.07. The van der Waals surface area contributed by atoms with Crippen molar-refractivity contribution in [3.8, 4) is 17.2 Å². The lowest BCUT2D eigenvalue weighted by atomic mass is 10.2. The summed E-state index contributed by atoms with van der Waals surface area (Å²) in [7, 11) is 5.76. The van der Waals surface area contributed by atoms with Crippen LogP contribution in [-0.4, -0.2) is 40.4 Å². The van der Waals surface area contributed by atoms with Gasteiger partial charge in [-0.3, -0.25) is 0 Å². The molecule has 0 aliphatic carbocycles. The highest BCUT2D eigenvalue weighted by Gasteiger charge is 2.15. The van der Waals surface area contributed by atoms with Crippen LogP contribution in [0.15, 0.2) is 36.4 Å². The van der Waals surface area contributed by atoms with Crippen LogP contribution in [0.5, 0.6) is 17.2 Å². The third kappa shape index (κ3) is 4.35. The molecule has 0 bridgehead atoms. The van der Waals surface area contributed by atoms with Gasteiger partial charge in [0.1, 0.15) is 0 Å². The molecule has 8 nitrogen and oxygen atoms in total. The molecule has 138 valence electrons. The summed E-state index contributed by atoms with van der Waals surface area (Å²) in [6.45, 7) is 0. The van der Waals surface area contributed by atoms with E-state index in [4.69, 9.17) is 14.2 Å². The van der Waals surface area contributed by atoms with Gasteiger partial charge in [0.2, 0.25) is 5.75 Å². The van der Waals surface area contributed by atoms with Gasteiger partial charge in [-0.1, -0.05) is 6.07 Å². The molecule has 0 aliphatic heterocycles. The van der Waals surface area contributed by atoms with Crippen LogP contribution in [0.25, 0.3) is 0 Å². The first-order chi connectivity index (χ1) is 12.5. The number of nitrogens with one attached hydrogen (secondary N) is 2. The SMILES string of the molecule is COC(=O)c1cccc(NC(=O)Nc2cc(OC)c(OC)c(OC)c2)c1. The van der Waals surface area contributed by atoms with Crippen molar-refractivity contribution >= 4 is 23.4 Å². The van der Waals surface area contributed by atoms with E-state index in [9.17, 15) is 9.59 Å². The van der Waals surface area contributed by atoms with Crippen LogP contribution in [-0.2, 0) is 4.74 Å². The maximum atomic E-state index is 12.2. The summed E-state index contributed by atoms with van der Waals surface area (Å²) in [6, 6.07) is 9.11. The first-order valence-corrected chi connectivity index (χ1v) is 7.58. The molecule has 0 radical (unpaired) electrons. The number of amides is 2. The van der Waals surface area contributed by atoms with E-state index in [1.807, 2.05) is 0 Å². The Labute approximate surface area is 151 Å². The smallest absolute Gasteiger partial charge is 0.337 e. The first-order valence-electron chi connectivity index (χ1n) is 7.58. The monoisotopic (exact) mass is 360 g/mol. The minimum Gasteiger partial charge on any atom is -0.493 e. The molecule has 0 unspecified atom stereocenters. The van der Waals surface area contributed by atoms with Crippen LogP contribution in [0, 0.1) is 0 Å². The van der Waals surface area contributed by atoms with Crippen molar-refractivity contribution in [2.24, 2.45) is 0 Å². The van der Waals surface area contributed by atoms with Gasteiger partial charge in [0.25, 0.3) is 0 Å². The van der Waals surface area contributed by atoms with Crippen molar-refractivity contribution in [3.63, 3.8) is 0 Å². The van der Waals surface area contributed by atoms with Gasteiger partial charge in [-0.2, -0.15) is 0 Å². The third-order valence-electron chi connectivity index (χ3n) is 3.46. The molecule has 0 fully saturated rings. The molecule has 2 aromatic carbocycles. The summed E-state index contributed by atoms with van der Waals surface area (Å²) in [5.74, 6) is 0.759. The van der Waals surface area contributed by atoms with E-state index in [1.54, 1.807) is 30.3 Å². The van der Waals surface area contributed by atoms with Crippen LogP contribution in [0.3, 0.4) is 0 Å². The highest BCUT2D eigenvalue weighted by molar-refractivity contribution is 6.01. The molecule has 0 saturated carbocycles. The molecule has 0 atom stereocenters. The Kier molecular flexibility index (Phi) is 6.26. The lowest BCUT2D eigenvalue weighted by molar-refractivity contribution is 0.0600. The summed E-state index contributed by atoms with van der Waals surface area (Å²) in [4.78, 5) is 23.8. The predicted octanol–water partition coefficient (Wildman–Crippen LogP) is 3.14. The quantitative estimate of drug-likeness (QED) is 0.769. The molecule has 0 spiro atoms. The van der Waals surface area contributed by atoms with Crippen LogP contribution < -0.4 is 24.8 Å². The number of esters is 1. The van der Waals surface area contributed by atoms with Crippen LogP contribution in [0.1, 0.15) is 10.4 Å². The molecule has 0 heterocycles. The van der Waals surface area contributed by atoms with Crippen molar-refractivity contribution in [2.45, 2.75) is 0 Å². The van der Waals surface area contributed by atoms with E-state index in [2.05, 4.69) is 15.4 Å². The summed E-state index contributed by atoms with van der Waals surface area (Å²) in [5.41, 5.74) is 1.22. The number of methoxy groups -OCH3 is 4.